The van der Waals surface area contributed by atoms with Gasteiger partial charge in [-0.1, -0.05) is 24.3 Å². The zero-order valence-corrected chi connectivity index (χ0v) is 13.9. The van der Waals surface area contributed by atoms with Crippen LogP contribution in [0.5, 0.6) is 5.75 Å². The van der Waals surface area contributed by atoms with Crippen LogP contribution in [-0.2, 0) is 0 Å². The van der Waals surface area contributed by atoms with Crippen molar-refractivity contribution in [1.29, 1.82) is 5.26 Å². The smallest absolute Gasteiger partial charge is 0.259 e. The second kappa shape index (κ2) is 6.51. The summed E-state index contributed by atoms with van der Waals surface area (Å²) < 4.78 is 5.57. The first-order chi connectivity index (χ1) is 12.7. The predicted molar refractivity (Wildman–Crippen MR) is 98.3 cm³/mol. The van der Waals surface area contributed by atoms with Crippen LogP contribution in [0.2, 0.25) is 0 Å². The highest BCUT2D eigenvalue weighted by Crippen LogP contribution is 2.37. The number of benzene rings is 3. The second-order valence-corrected chi connectivity index (χ2v) is 6.20. The zero-order chi connectivity index (χ0) is 18.1. The van der Waals surface area contributed by atoms with E-state index >= 15 is 0 Å². The Hall–Kier alpha value is -3.36. The molecule has 5 nitrogen and oxygen atoms in total. The molecule has 0 bridgehead atoms. The van der Waals surface area contributed by atoms with Crippen LogP contribution in [0.4, 0.5) is 5.69 Å². The Morgan fingerprint density at radius 1 is 1.08 bits per heavy atom. The van der Waals surface area contributed by atoms with E-state index in [1.807, 2.05) is 42.5 Å². The average molecular weight is 344 g/mol. The summed E-state index contributed by atoms with van der Waals surface area (Å²) in [6.07, 6.45) is -0.834. The lowest BCUT2D eigenvalue weighted by molar-refractivity contribution is 0.0914. The SMILES string of the molecule is N#Cc1ccc(OCC(O)CN2C(=O)c3cccc4cccc2c34)cc1. The predicted octanol–water partition coefficient (Wildman–Crippen LogP) is 3.11. The van der Waals surface area contributed by atoms with Crippen LogP contribution in [0.1, 0.15) is 15.9 Å². The summed E-state index contributed by atoms with van der Waals surface area (Å²) in [6.45, 7) is 0.213. The van der Waals surface area contributed by atoms with Gasteiger partial charge in [-0.05, 0) is 41.8 Å². The zero-order valence-electron chi connectivity index (χ0n) is 13.9. The maximum absolute atomic E-state index is 12.7. The third kappa shape index (κ3) is 2.77. The van der Waals surface area contributed by atoms with Crippen LogP contribution in [0.15, 0.2) is 60.7 Å². The summed E-state index contributed by atoms with van der Waals surface area (Å²) in [5, 5.41) is 21.1. The first-order valence-corrected chi connectivity index (χ1v) is 8.32. The fourth-order valence-electron chi connectivity index (χ4n) is 3.24. The molecule has 1 N–H and O–H groups in total. The number of amides is 1. The summed E-state index contributed by atoms with van der Waals surface area (Å²) in [5.74, 6) is 0.468. The number of aliphatic hydroxyl groups is 1. The average Bonchev–Trinajstić information content (AvgIpc) is 2.95. The van der Waals surface area contributed by atoms with Crippen LogP contribution in [-0.4, -0.2) is 30.3 Å². The minimum atomic E-state index is -0.834. The monoisotopic (exact) mass is 344 g/mol. The lowest BCUT2D eigenvalue weighted by Gasteiger charge is -2.21. The number of aliphatic hydroxyl groups excluding tert-OH is 1. The summed E-state index contributed by atoms with van der Waals surface area (Å²) in [4.78, 5) is 14.3. The fraction of sp³-hybridized carbons (Fsp3) is 0.143. The summed E-state index contributed by atoms with van der Waals surface area (Å²) in [5.41, 5.74) is 2.03. The number of nitriles is 1. The van der Waals surface area contributed by atoms with Crippen LogP contribution in [0.25, 0.3) is 10.8 Å². The van der Waals surface area contributed by atoms with E-state index in [-0.39, 0.29) is 19.1 Å². The van der Waals surface area contributed by atoms with Gasteiger partial charge in [0.25, 0.3) is 5.91 Å². The van der Waals surface area contributed by atoms with Crippen molar-refractivity contribution in [1.82, 2.24) is 0 Å². The lowest BCUT2D eigenvalue weighted by atomic mass is 10.1. The van der Waals surface area contributed by atoms with E-state index in [0.29, 0.717) is 16.9 Å². The third-order valence-electron chi connectivity index (χ3n) is 4.47. The number of hydrogen-bond donors (Lipinski definition) is 1. The lowest BCUT2D eigenvalue weighted by Crippen LogP contribution is -2.37. The Labute approximate surface area is 150 Å². The van der Waals surface area contributed by atoms with Gasteiger partial charge in [0.1, 0.15) is 18.5 Å². The molecule has 1 amide bonds. The van der Waals surface area contributed by atoms with Gasteiger partial charge in [0.05, 0.1) is 23.9 Å². The molecule has 0 spiro atoms. The Morgan fingerprint density at radius 2 is 1.81 bits per heavy atom. The molecule has 128 valence electrons. The molecule has 0 saturated heterocycles. The van der Waals surface area contributed by atoms with Gasteiger partial charge in [-0.25, -0.2) is 0 Å². The standard InChI is InChI=1S/C21H16N2O3/c22-11-14-7-9-17(10-8-14)26-13-16(24)12-23-19-6-2-4-15-3-1-5-18(20(15)19)21(23)25/h1-10,16,24H,12-13H2. The van der Waals surface area contributed by atoms with E-state index in [4.69, 9.17) is 10.00 Å². The number of hydrogen-bond acceptors (Lipinski definition) is 4. The van der Waals surface area contributed by atoms with Gasteiger partial charge in [-0.2, -0.15) is 5.26 Å². The third-order valence-corrected chi connectivity index (χ3v) is 4.47. The molecule has 1 unspecified atom stereocenters. The first-order valence-electron chi connectivity index (χ1n) is 8.32. The Bertz CT molecular complexity index is 1020. The molecular formula is C21H16N2O3. The van der Waals surface area contributed by atoms with E-state index in [1.165, 1.54) is 0 Å². The number of carbonyl (C=O) groups is 1. The second-order valence-electron chi connectivity index (χ2n) is 6.20. The van der Waals surface area contributed by atoms with Crippen LogP contribution in [0, 0.1) is 11.3 Å². The highest BCUT2D eigenvalue weighted by atomic mass is 16.5. The molecule has 0 saturated carbocycles. The molecule has 26 heavy (non-hydrogen) atoms. The van der Waals surface area contributed by atoms with E-state index < -0.39 is 6.10 Å². The van der Waals surface area contributed by atoms with Crippen LogP contribution >= 0.6 is 0 Å². The fourth-order valence-corrected chi connectivity index (χ4v) is 3.24. The molecule has 4 rings (SSSR count). The van der Waals surface area contributed by atoms with Gasteiger partial charge in [0, 0.05) is 10.9 Å². The molecular weight excluding hydrogens is 328 g/mol. The number of ether oxygens (including phenoxy) is 1. The largest absolute Gasteiger partial charge is 0.491 e. The van der Waals surface area contributed by atoms with Crippen molar-refractivity contribution in [2.75, 3.05) is 18.1 Å². The van der Waals surface area contributed by atoms with Crippen molar-refractivity contribution >= 4 is 22.4 Å². The molecule has 0 radical (unpaired) electrons. The summed E-state index contributed by atoms with van der Waals surface area (Å²) >= 11 is 0. The van der Waals surface area contributed by atoms with Gasteiger partial charge in [-0.15, -0.1) is 0 Å². The van der Waals surface area contributed by atoms with Crippen molar-refractivity contribution in [3.8, 4) is 11.8 Å². The molecule has 1 aliphatic rings. The van der Waals surface area contributed by atoms with E-state index in [1.54, 1.807) is 29.2 Å². The molecule has 1 heterocycles. The molecule has 1 atom stereocenters. The van der Waals surface area contributed by atoms with E-state index in [0.717, 1.165) is 16.5 Å². The Kier molecular flexibility index (Phi) is 4.04. The molecule has 5 heteroatoms. The number of β-amino-alcohol motifs (C(OH)–C–C–N with tert-alkyl or cyclic N) is 1. The Balaban J connectivity index is 1.47. The highest BCUT2D eigenvalue weighted by Gasteiger charge is 2.30. The number of carbonyl (C=O) groups excluding carboxylic acids is 1. The quantitative estimate of drug-likeness (QED) is 0.772. The van der Waals surface area contributed by atoms with Crippen molar-refractivity contribution in [3.05, 3.63) is 71.8 Å². The molecule has 0 aliphatic carbocycles. The van der Waals surface area contributed by atoms with Crippen molar-refractivity contribution in [3.63, 3.8) is 0 Å². The number of rotatable bonds is 5. The Morgan fingerprint density at radius 3 is 2.54 bits per heavy atom. The normalized spacial score (nSPS) is 13.7. The van der Waals surface area contributed by atoms with Crippen molar-refractivity contribution in [2.45, 2.75) is 6.10 Å². The molecule has 3 aromatic rings. The summed E-state index contributed by atoms with van der Waals surface area (Å²) in [6, 6.07) is 20.2. The van der Waals surface area contributed by atoms with Crippen LogP contribution in [0.3, 0.4) is 0 Å². The van der Waals surface area contributed by atoms with E-state index in [9.17, 15) is 9.90 Å². The highest BCUT2D eigenvalue weighted by molar-refractivity contribution is 6.25. The maximum Gasteiger partial charge on any atom is 0.259 e. The van der Waals surface area contributed by atoms with Crippen molar-refractivity contribution in [2.24, 2.45) is 0 Å². The summed E-state index contributed by atoms with van der Waals surface area (Å²) in [7, 11) is 0. The first kappa shape index (κ1) is 16.1. The van der Waals surface area contributed by atoms with Gasteiger partial charge < -0.3 is 14.7 Å². The topological polar surface area (TPSA) is 73.6 Å². The number of nitrogens with zero attached hydrogens (tertiary/aromatic N) is 2. The van der Waals surface area contributed by atoms with Gasteiger partial charge in [0.15, 0.2) is 0 Å². The van der Waals surface area contributed by atoms with Gasteiger partial charge in [0.2, 0.25) is 0 Å². The minimum absolute atomic E-state index is 0.0575. The molecule has 1 aliphatic heterocycles. The number of anilines is 1. The maximum atomic E-state index is 12.7. The molecule has 0 aromatic heterocycles. The molecule has 3 aromatic carbocycles. The van der Waals surface area contributed by atoms with Gasteiger partial charge >= 0.3 is 0 Å². The van der Waals surface area contributed by atoms with E-state index in [2.05, 4.69) is 0 Å². The molecule has 0 fully saturated rings. The minimum Gasteiger partial charge on any atom is -0.491 e. The van der Waals surface area contributed by atoms with Gasteiger partial charge in [-0.3, -0.25) is 4.79 Å². The van der Waals surface area contributed by atoms with Crippen molar-refractivity contribution < 1.29 is 14.6 Å². The van der Waals surface area contributed by atoms with Crippen LogP contribution < -0.4 is 9.64 Å².